The largest absolute Gasteiger partial charge is 0.383 e. The molecule has 0 atom stereocenters. The van der Waals surface area contributed by atoms with Crippen LogP contribution >= 0.6 is 11.6 Å². The third-order valence-corrected chi connectivity index (χ3v) is 2.52. The molecule has 6 heteroatoms. The van der Waals surface area contributed by atoms with Crippen molar-refractivity contribution in [1.29, 1.82) is 0 Å². The maximum absolute atomic E-state index is 10.7. The molecule has 0 saturated carbocycles. The number of rotatable bonds is 2. The third-order valence-electron chi connectivity index (χ3n) is 2.19. The summed E-state index contributed by atoms with van der Waals surface area (Å²) in [6.07, 6.45) is 0. The number of halogens is 1. The van der Waals surface area contributed by atoms with E-state index in [1.807, 2.05) is 0 Å². The Hall–Kier alpha value is -2.14. The topological polar surface area (TPSA) is 82.0 Å². The van der Waals surface area contributed by atoms with Crippen LogP contribution in [0, 0.1) is 10.1 Å². The molecule has 0 aliphatic carbocycles. The second kappa shape index (κ2) is 4.39. The van der Waals surface area contributed by atoms with Gasteiger partial charge in [0.2, 0.25) is 0 Å². The van der Waals surface area contributed by atoms with Crippen LogP contribution in [0.15, 0.2) is 36.4 Å². The first-order chi connectivity index (χ1) is 8.08. The Balaban J connectivity index is 2.60. The monoisotopic (exact) mass is 249 g/mol. The van der Waals surface area contributed by atoms with Crippen molar-refractivity contribution in [2.45, 2.75) is 0 Å². The van der Waals surface area contributed by atoms with Crippen molar-refractivity contribution >= 4 is 23.1 Å². The standard InChI is InChI=1S/C11H8ClN3O2/c12-9-4-2-1-3-8(9)10-5-7(15(16)17)6-11(13)14-10/h1-6H,(H2,13,14). The summed E-state index contributed by atoms with van der Waals surface area (Å²) in [6, 6.07) is 9.52. The zero-order valence-electron chi connectivity index (χ0n) is 8.63. The number of aromatic nitrogens is 1. The van der Waals surface area contributed by atoms with Crippen LogP contribution in [0.4, 0.5) is 11.5 Å². The SMILES string of the molecule is Nc1cc([N+](=O)[O-])cc(-c2ccccc2Cl)n1. The van der Waals surface area contributed by atoms with E-state index in [0.29, 0.717) is 16.3 Å². The first-order valence-corrected chi connectivity index (χ1v) is 5.12. The molecule has 0 fully saturated rings. The molecule has 1 aromatic heterocycles. The average molecular weight is 250 g/mol. The Morgan fingerprint density at radius 1 is 1.29 bits per heavy atom. The second-order valence-corrected chi connectivity index (χ2v) is 3.78. The van der Waals surface area contributed by atoms with Crippen LogP contribution in [0.25, 0.3) is 11.3 Å². The van der Waals surface area contributed by atoms with Gasteiger partial charge in [0, 0.05) is 16.7 Å². The highest BCUT2D eigenvalue weighted by Crippen LogP contribution is 2.29. The van der Waals surface area contributed by atoms with Crippen LogP contribution in [0.5, 0.6) is 0 Å². The Morgan fingerprint density at radius 2 is 2.00 bits per heavy atom. The minimum atomic E-state index is -0.515. The molecule has 1 heterocycles. The number of hydrogen-bond acceptors (Lipinski definition) is 4. The summed E-state index contributed by atoms with van der Waals surface area (Å²) < 4.78 is 0. The minimum Gasteiger partial charge on any atom is -0.383 e. The summed E-state index contributed by atoms with van der Waals surface area (Å²) in [5, 5.41) is 11.2. The molecule has 2 aromatic rings. The van der Waals surface area contributed by atoms with Crippen LogP contribution in [0.2, 0.25) is 5.02 Å². The summed E-state index contributed by atoms with van der Waals surface area (Å²) in [7, 11) is 0. The predicted octanol–water partition coefficient (Wildman–Crippen LogP) is 2.89. The van der Waals surface area contributed by atoms with Crippen molar-refractivity contribution in [2.24, 2.45) is 0 Å². The smallest absolute Gasteiger partial charge is 0.275 e. The first kappa shape index (κ1) is 11.3. The summed E-state index contributed by atoms with van der Waals surface area (Å²) in [4.78, 5) is 14.2. The second-order valence-electron chi connectivity index (χ2n) is 3.37. The normalized spacial score (nSPS) is 10.2. The van der Waals surface area contributed by atoms with E-state index in [2.05, 4.69) is 4.98 Å². The Kier molecular flexibility index (Phi) is 2.93. The number of benzene rings is 1. The van der Waals surface area contributed by atoms with Gasteiger partial charge in [0.1, 0.15) is 5.82 Å². The van der Waals surface area contributed by atoms with Crippen LogP contribution in [0.1, 0.15) is 0 Å². The lowest BCUT2D eigenvalue weighted by Crippen LogP contribution is -1.96. The molecule has 2 rings (SSSR count). The fraction of sp³-hybridized carbons (Fsp3) is 0. The van der Waals surface area contributed by atoms with Crippen LogP contribution in [0.3, 0.4) is 0 Å². The lowest BCUT2D eigenvalue weighted by atomic mass is 10.1. The predicted molar refractivity (Wildman–Crippen MR) is 65.7 cm³/mol. The van der Waals surface area contributed by atoms with Gasteiger partial charge in [-0.3, -0.25) is 10.1 Å². The highest BCUT2D eigenvalue weighted by Gasteiger charge is 2.12. The van der Waals surface area contributed by atoms with E-state index in [1.54, 1.807) is 24.3 Å². The summed E-state index contributed by atoms with van der Waals surface area (Å²) in [6.45, 7) is 0. The lowest BCUT2D eigenvalue weighted by Gasteiger charge is -2.04. The zero-order chi connectivity index (χ0) is 12.4. The Bertz CT molecular complexity index is 587. The Labute approximate surface area is 102 Å². The van der Waals surface area contributed by atoms with Crippen LogP contribution < -0.4 is 5.73 Å². The third kappa shape index (κ3) is 2.34. The van der Waals surface area contributed by atoms with Gasteiger partial charge in [0.05, 0.1) is 16.7 Å². The molecule has 0 saturated heterocycles. The fourth-order valence-electron chi connectivity index (χ4n) is 1.45. The number of nitrogen functional groups attached to an aromatic ring is 1. The van der Waals surface area contributed by atoms with Gasteiger partial charge in [-0.2, -0.15) is 0 Å². The van der Waals surface area contributed by atoms with Gasteiger partial charge in [-0.1, -0.05) is 29.8 Å². The van der Waals surface area contributed by atoms with Crippen molar-refractivity contribution in [3.05, 3.63) is 51.5 Å². The molecule has 0 radical (unpaired) electrons. The summed E-state index contributed by atoms with van der Waals surface area (Å²) in [5.41, 5.74) is 6.43. The van der Waals surface area contributed by atoms with E-state index in [1.165, 1.54) is 12.1 Å². The quantitative estimate of drug-likeness (QED) is 0.655. The summed E-state index contributed by atoms with van der Waals surface area (Å²) >= 11 is 5.99. The highest BCUT2D eigenvalue weighted by atomic mass is 35.5. The molecule has 0 amide bonds. The molecule has 2 N–H and O–H groups in total. The van der Waals surface area contributed by atoms with E-state index < -0.39 is 4.92 Å². The van der Waals surface area contributed by atoms with Crippen molar-refractivity contribution in [1.82, 2.24) is 4.98 Å². The van der Waals surface area contributed by atoms with E-state index in [0.717, 1.165) is 0 Å². The van der Waals surface area contributed by atoms with Crippen LogP contribution in [-0.4, -0.2) is 9.91 Å². The van der Waals surface area contributed by atoms with Gasteiger partial charge in [0.25, 0.3) is 5.69 Å². The molecule has 0 aliphatic rings. The van der Waals surface area contributed by atoms with Gasteiger partial charge in [-0.05, 0) is 6.07 Å². The van der Waals surface area contributed by atoms with E-state index in [-0.39, 0.29) is 11.5 Å². The lowest BCUT2D eigenvalue weighted by molar-refractivity contribution is -0.384. The maximum Gasteiger partial charge on any atom is 0.275 e. The number of nitrogens with two attached hydrogens (primary N) is 1. The molecule has 0 unspecified atom stereocenters. The van der Waals surface area contributed by atoms with Gasteiger partial charge in [-0.25, -0.2) is 4.98 Å². The van der Waals surface area contributed by atoms with E-state index in [4.69, 9.17) is 17.3 Å². The van der Waals surface area contributed by atoms with Gasteiger partial charge >= 0.3 is 0 Å². The molecule has 0 spiro atoms. The Morgan fingerprint density at radius 3 is 2.65 bits per heavy atom. The molecule has 1 aromatic carbocycles. The zero-order valence-corrected chi connectivity index (χ0v) is 9.39. The number of hydrogen-bond donors (Lipinski definition) is 1. The van der Waals surface area contributed by atoms with Crippen molar-refractivity contribution < 1.29 is 4.92 Å². The maximum atomic E-state index is 10.7. The van der Waals surface area contributed by atoms with Gasteiger partial charge < -0.3 is 5.73 Å². The molecule has 0 bridgehead atoms. The van der Waals surface area contributed by atoms with Crippen molar-refractivity contribution in [3.8, 4) is 11.3 Å². The first-order valence-electron chi connectivity index (χ1n) is 4.75. The number of nitrogens with zero attached hydrogens (tertiary/aromatic N) is 2. The molecule has 17 heavy (non-hydrogen) atoms. The highest BCUT2D eigenvalue weighted by molar-refractivity contribution is 6.33. The van der Waals surface area contributed by atoms with Gasteiger partial charge in [-0.15, -0.1) is 0 Å². The van der Waals surface area contributed by atoms with E-state index in [9.17, 15) is 10.1 Å². The summed E-state index contributed by atoms with van der Waals surface area (Å²) in [5.74, 6) is 0.0918. The van der Waals surface area contributed by atoms with E-state index >= 15 is 0 Å². The van der Waals surface area contributed by atoms with Crippen molar-refractivity contribution in [3.63, 3.8) is 0 Å². The molecule has 5 nitrogen and oxygen atoms in total. The fourth-order valence-corrected chi connectivity index (χ4v) is 1.68. The minimum absolute atomic E-state index is 0.0918. The number of nitro groups is 1. The molecular formula is C11H8ClN3O2. The molecule has 86 valence electrons. The van der Waals surface area contributed by atoms with Crippen LogP contribution in [-0.2, 0) is 0 Å². The van der Waals surface area contributed by atoms with Crippen molar-refractivity contribution in [2.75, 3.05) is 5.73 Å². The average Bonchev–Trinajstić information content (AvgIpc) is 2.28. The number of anilines is 1. The molecule has 0 aliphatic heterocycles. The number of pyridine rings is 1. The van der Waals surface area contributed by atoms with Gasteiger partial charge in [0.15, 0.2) is 0 Å². The molecular weight excluding hydrogens is 242 g/mol.